The van der Waals surface area contributed by atoms with E-state index in [1.54, 1.807) is 32.9 Å². The lowest BCUT2D eigenvalue weighted by Gasteiger charge is -2.30. The Bertz CT molecular complexity index is 1640. The Morgan fingerprint density at radius 1 is 1.09 bits per heavy atom. The van der Waals surface area contributed by atoms with Crippen molar-refractivity contribution in [1.29, 1.82) is 0 Å². The minimum Gasteiger partial charge on any atom is -0.444 e. The molecule has 0 aliphatic carbocycles. The molecule has 1 fully saturated rings. The highest BCUT2D eigenvalue weighted by Crippen LogP contribution is 2.33. The number of likely N-dealkylation sites (N-methyl/N-ethyl adjacent to an activating group) is 1. The van der Waals surface area contributed by atoms with Crippen molar-refractivity contribution in [3.63, 3.8) is 0 Å². The van der Waals surface area contributed by atoms with E-state index in [0.29, 0.717) is 19.5 Å². The Morgan fingerprint density at radius 3 is 2.47 bits per heavy atom. The first kappa shape index (κ1) is 30.5. The van der Waals surface area contributed by atoms with Gasteiger partial charge in [0, 0.05) is 42.7 Å². The third kappa shape index (κ3) is 6.22. The largest absolute Gasteiger partial charge is 0.444 e. The SMILES string of the molecule is Cc1ccccc1-n1nc(C)c(CN(C)C(=O)[C@H]2CC(n3cc(-c4cc(C)c(C)s4)nn3)CN2C(=O)OC(C)(C)C)c1C. The van der Waals surface area contributed by atoms with E-state index >= 15 is 0 Å². The van der Waals surface area contributed by atoms with E-state index in [1.807, 2.05) is 63.7 Å². The van der Waals surface area contributed by atoms with Gasteiger partial charge in [-0.15, -0.1) is 16.4 Å². The summed E-state index contributed by atoms with van der Waals surface area (Å²) in [6, 6.07) is 9.30. The van der Waals surface area contributed by atoms with Crippen LogP contribution in [0.25, 0.3) is 16.3 Å². The van der Waals surface area contributed by atoms with Gasteiger partial charge in [-0.2, -0.15) is 5.10 Å². The maximum atomic E-state index is 14.0. The lowest BCUT2D eigenvalue weighted by molar-refractivity contribution is -0.135. The average molecular weight is 604 g/mol. The zero-order valence-corrected chi connectivity index (χ0v) is 27.3. The van der Waals surface area contributed by atoms with Crippen molar-refractivity contribution in [3.8, 4) is 16.3 Å². The first-order chi connectivity index (χ1) is 20.2. The number of likely N-dealkylation sites (tertiary alicyclic amines) is 1. The zero-order valence-electron chi connectivity index (χ0n) is 26.5. The highest BCUT2D eigenvalue weighted by atomic mass is 32.1. The number of ether oxygens (including phenoxy) is 1. The Kier molecular flexibility index (Phi) is 8.22. The van der Waals surface area contributed by atoms with Gasteiger partial charge in [-0.05, 0) is 78.6 Å². The van der Waals surface area contributed by atoms with E-state index in [9.17, 15) is 9.59 Å². The molecule has 5 rings (SSSR count). The van der Waals surface area contributed by atoms with Gasteiger partial charge < -0.3 is 9.64 Å². The number of nitrogens with zero attached hydrogens (tertiary/aromatic N) is 7. The van der Waals surface area contributed by atoms with E-state index in [4.69, 9.17) is 9.84 Å². The van der Waals surface area contributed by atoms with Crippen LogP contribution in [0.15, 0.2) is 36.5 Å². The lowest BCUT2D eigenvalue weighted by atomic mass is 10.1. The molecular formula is C32H41N7O3S. The lowest BCUT2D eigenvalue weighted by Crippen LogP contribution is -2.47. The minimum atomic E-state index is -0.698. The number of benzene rings is 1. The molecule has 1 saturated heterocycles. The second-order valence-corrected chi connectivity index (χ2v) is 13.8. The summed E-state index contributed by atoms with van der Waals surface area (Å²) in [7, 11) is 1.78. The van der Waals surface area contributed by atoms with Crippen molar-refractivity contribution in [2.45, 2.75) is 86.0 Å². The molecule has 0 saturated carbocycles. The number of aromatic nitrogens is 5. The van der Waals surface area contributed by atoms with Crippen LogP contribution < -0.4 is 0 Å². The number of carbonyl (C=O) groups is 2. The van der Waals surface area contributed by atoms with E-state index < -0.39 is 17.7 Å². The van der Waals surface area contributed by atoms with Crippen LogP contribution in [-0.2, 0) is 16.1 Å². The summed E-state index contributed by atoms with van der Waals surface area (Å²) in [6.45, 7) is 16.4. The Balaban J connectivity index is 1.39. The zero-order chi connectivity index (χ0) is 31.2. The average Bonchev–Trinajstić information content (AvgIpc) is 3.71. The molecular weight excluding hydrogens is 562 g/mol. The number of carbonyl (C=O) groups excluding carboxylic acids is 2. The van der Waals surface area contributed by atoms with Gasteiger partial charge in [-0.3, -0.25) is 9.69 Å². The van der Waals surface area contributed by atoms with Gasteiger partial charge in [0.25, 0.3) is 0 Å². The summed E-state index contributed by atoms with van der Waals surface area (Å²) >= 11 is 1.68. The summed E-state index contributed by atoms with van der Waals surface area (Å²) in [4.78, 5) is 32.9. The molecule has 4 aromatic rings. The summed E-state index contributed by atoms with van der Waals surface area (Å²) in [6.07, 6.45) is 1.81. The Labute approximate surface area is 257 Å². The molecule has 0 spiro atoms. The van der Waals surface area contributed by atoms with Crippen molar-refractivity contribution in [3.05, 3.63) is 69.5 Å². The Hall–Kier alpha value is -3.99. The normalized spacial score (nSPS) is 17.0. The van der Waals surface area contributed by atoms with Crippen LogP contribution in [0.2, 0.25) is 0 Å². The molecule has 1 unspecified atom stereocenters. The Morgan fingerprint density at radius 2 is 1.81 bits per heavy atom. The fourth-order valence-electron chi connectivity index (χ4n) is 5.54. The number of aryl methyl sites for hydroxylation is 4. The van der Waals surface area contributed by atoms with Crippen LogP contribution >= 0.6 is 11.3 Å². The molecule has 4 heterocycles. The molecule has 2 atom stereocenters. The predicted octanol–water partition coefficient (Wildman–Crippen LogP) is 5.94. The first-order valence-electron chi connectivity index (χ1n) is 14.6. The number of hydrogen-bond acceptors (Lipinski definition) is 7. The smallest absolute Gasteiger partial charge is 0.411 e. The maximum Gasteiger partial charge on any atom is 0.411 e. The van der Waals surface area contributed by atoms with Crippen molar-refractivity contribution in [2.75, 3.05) is 13.6 Å². The molecule has 228 valence electrons. The molecule has 1 aromatic carbocycles. The van der Waals surface area contributed by atoms with Gasteiger partial charge in [0.05, 0.1) is 28.5 Å². The van der Waals surface area contributed by atoms with Crippen LogP contribution in [0.3, 0.4) is 0 Å². The van der Waals surface area contributed by atoms with E-state index in [0.717, 1.165) is 38.8 Å². The van der Waals surface area contributed by atoms with Gasteiger partial charge in [0.1, 0.15) is 17.3 Å². The second kappa shape index (κ2) is 11.6. The molecule has 2 amide bonds. The highest BCUT2D eigenvalue weighted by Gasteiger charge is 2.44. The fourth-order valence-corrected chi connectivity index (χ4v) is 6.52. The molecule has 1 aliphatic rings. The predicted molar refractivity (Wildman–Crippen MR) is 167 cm³/mol. The van der Waals surface area contributed by atoms with Gasteiger partial charge in [-0.25, -0.2) is 14.2 Å². The van der Waals surface area contributed by atoms with Crippen molar-refractivity contribution >= 4 is 23.3 Å². The molecule has 10 nitrogen and oxygen atoms in total. The van der Waals surface area contributed by atoms with Gasteiger partial charge in [0.2, 0.25) is 5.91 Å². The van der Waals surface area contributed by atoms with Crippen molar-refractivity contribution in [2.24, 2.45) is 0 Å². The van der Waals surface area contributed by atoms with Crippen LogP contribution in [0, 0.1) is 34.6 Å². The first-order valence-corrected chi connectivity index (χ1v) is 15.4. The molecule has 11 heteroatoms. The monoisotopic (exact) mass is 603 g/mol. The van der Waals surface area contributed by atoms with Crippen LogP contribution in [0.5, 0.6) is 0 Å². The summed E-state index contributed by atoms with van der Waals surface area (Å²) in [5.41, 5.74) is 6.27. The van der Waals surface area contributed by atoms with E-state index in [2.05, 4.69) is 43.2 Å². The van der Waals surface area contributed by atoms with E-state index in [1.165, 1.54) is 10.4 Å². The third-order valence-corrected chi connectivity index (χ3v) is 9.23. The van der Waals surface area contributed by atoms with Gasteiger partial charge in [-0.1, -0.05) is 23.4 Å². The van der Waals surface area contributed by atoms with E-state index in [-0.39, 0.29) is 11.9 Å². The third-order valence-electron chi connectivity index (χ3n) is 8.05. The van der Waals surface area contributed by atoms with Crippen LogP contribution in [-0.4, -0.2) is 71.8 Å². The number of thiophene rings is 1. The summed E-state index contributed by atoms with van der Waals surface area (Å²) in [5, 5.41) is 13.6. The number of para-hydroxylation sites is 1. The molecule has 1 aliphatic heterocycles. The maximum absolute atomic E-state index is 14.0. The van der Waals surface area contributed by atoms with Crippen molar-refractivity contribution in [1.82, 2.24) is 34.6 Å². The number of rotatable bonds is 6. The topological polar surface area (TPSA) is 98.4 Å². The van der Waals surface area contributed by atoms with Gasteiger partial charge >= 0.3 is 6.09 Å². The highest BCUT2D eigenvalue weighted by molar-refractivity contribution is 7.15. The second-order valence-electron chi connectivity index (χ2n) is 12.5. The van der Waals surface area contributed by atoms with Crippen molar-refractivity contribution < 1.29 is 14.3 Å². The summed E-state index contributed by atoms with van der Waals surface area (Å²) < 4.78 is 9.46. The molecule has 0 radical (unpaired) electrons. The summed E-state index contributed by atoms with van der Waals surface area (Å²) in [5.74, 6) is -0.152. The standard InChI is InChI=1S/C32H41N7O3S/c1-19-12-10-11-13-27(19)39-22(4)25(21(3)34-39)17-36(9)30(40)28-15-24(16-37(28)31(41)42-32(6,7)8)38-18-26(33-35-38)29-14-20(2)23(5)43-29/h10-14,18,24,28H,15-17H2,1-9H3/t24?,28-/m1/s1. The number of amides is 2. The van der Waals surface area contributed by atoms with Crippen LogP contribution in [0.1, 0.15) is 66.2 Å². The van der Waals surface area contributed by atoms with Crippen LogP contribution in [0.4, 0.5) is 4.79 Å². The van der Waals surface area contributed by atoms with Gasteiger partial charge in [0.15, 0.2) is 0 Å². The quantitative estimate of drug-likeness (QED) is 0.270. The molecule has 0 bridgehead atoms. The number of hydrogen-bond donors (Lipinski definition) is 0. The molecule has 43 heavy (non-hydrogen) atoms. The minimum absolute atomic E-state index is 0.152. The molecule has 3 aromatic heterocycles. The fraction of sp³-hybridized carbons (Fsp3) is 0.469. The molecule has 0 N–H and O–H groups in total.